The Bertz CT molecular complexity index is 1150. The third kappa shape index (κ3) is 5.46. The molecule has 2 unspecified atom stereocenters. The van der Waals surface area contributed by atoms with Crippen molar-refractivity contribution in [3.63, 3.8) is 0 Å². The second kappa shape index (κ2) is 9.78. The van der Waals surface area contributed by atoms with Crippen LogP contribution >= 0.6 is 11.8 Å². The van der Waals surface area contributed by atoms with Crippen molar-refractivity contribution in [1.29, 1.82) is 0 Å². The number of ether oxygens (including phenoxy) is 2. The molecule has 0 radical (unpaired) electrons. The van der Waals surface area contributed by atoms with Crippen LogP contribution in [0.2, 0.25) is 0 Å². The van der Waals surface area contributed by atoms with Crippen molar-refractivity contribution in [3.05, 3.63) is 60.0 Å². The van der Waals surface area contributed by atoms with Crippen molar-refractivity contribution in [2.24, 2.45) is 0 Å². The normalized spacial score (nSPS) is 25.1. The molecule has 14 heteroatoms. The van der Waals surface area contributed by atoms with E-state index in [0.29, 0.717) is 0 Å². The third-order valence-corrected chi connectivity index (χ3v) is 6.42. The number of aliphatic hydroxyl groups is 3. The fourth-order valence-electron chi connectivity index (χ4n) is 3.66. The van der Waals surface area contributed by atoms with E-state index in [-0.39, 0.29) is 16.2 Å². The van der Waals surface area contributed by atoms with Crippen LogP contribution in [0.4, 0.5) is 26.3 Å². The smallest absolute Gasteiger partial charge is 0.406 e. The molecular formula is C21H18F6N2O5S. The summed E-state index contributed by atoms with van der Waals surface area (Å²) in [6, 6.07) is 5.33. The molecule has 0 saturated carbocycles. The lowest BCUT2D eigenvalue weighted by atomic mass is 9.97. The summed E-state index contributed by atoms with van der Waals surface area (Å²) in [5.74, 6) is -4.92. The van der Waals surface area contributed by atoms with Crippen LogP contribution in [-0.2, 0) is 4.74 Å². The first-order valence-electron chi connectivity index (χ1n) is 10.0. The summed E-state index contributed by atoms with van der Waals surface area (Å²) in [4.78, 5) is 0.243. The van der Waals surface area contributed by atoms with E-state index in [9.17, 15) is 41.7 Å². The number of hydrogen-bond donors (Lipinski definition) is 4. The molecule has 0 amide bonds. The predicted octanol–water partition coefficient (Wildman–Crippen LogP) is 3.57. The maximum atomic E-state index is 13.5. The molecule has 35 heavy (non-hydrogen) atoms. The lowest BCUT2D eigenvalue weighted by molar-refractivity contribution is -0.274. The zero-order chi connectivity index (χ0) is 25.5. The first kappa shape index (κ1) is 25.4. The Labute approximate surface area is 197 Å². The van der Waals surface area contributed by atoms with E-state index in [1.54, 1.807) is 0 Å². The summed E-state index contributed by atoms with van der Waals surface area (Å²) < 4.78 is 88.4. The Kier molecular flexibility index (Phi) is 7.11. The van der Waals surface area contributed by atoms with Gasteiger partial charge in [-0.25, -0.2) is 13.2 Å². The number of benzene rings is 2. The molecule has 0 aliphatic carbocycles. The number of aromatic amines is 1. The van der Waals surface area contributed by atoms with Gasteiger partial charge in [-0.15, -0.1) is 13.2 Å². The van der Waals surface area contributed by atoms with Crippen molar-refractivity contribution >= 4 is 11.8 Å². The molecule has 2 heterocycles. The first-order chi connectivity index (χ1) is 16.5. The molecule has 4 rings (SSSR count). The van der Waals surface area contributed by atoms with E-state index < -0.39 is 66.0 Å². The molecule has 3 aromatic rings. The average molecular weight is 524 g/mol. The van der Waals surface area contributed by atoms with Crippen LogP contribution in [0.15, 0.2) is 47.5 Å². The van der Waals surface area contributed by atoms with E-state index in [2.05, 4.69) is 9.84 Å². The number of thioether (sulfide) groups is 1. The second-order valence-corrected chi connectivity index (χ2v) is 8.83. The van der Waals surface area contributed by atoms with Gasteiger partial charge in [0.2, 0.25) is 0 Å². The molecule has 1 aliphatic rings. The Hall–Kier alpha value is -2.65. The van der Waals surface area contributed by atoms with Crippen LogP contribution in [0.1, 0.15) is 6.04 Å². The Morgan fingerprint density at radius 3 is 2.31 bits per heavy atom. The van der Waals surface area contributed by atoms with Gasteiger partial charge in [-0.3, -0.25) is 9.78 Å². The number of halogens is 6. The molecule has 1 aromatic heterocycles. The largest absolute Gasteiger partial charge is 0.573 e. The van der Waals surface area contributed by atoms with E-state index in [4.69, 9.17) is 4.74 Å². The van der Waals surface area contributed by atoms with Crippen LogP contribution in [-0.4, -0.2) is 61.8 Å². The lowest BCUT2D eigenvalue weighted by Crippen LogP contribution is -2.55. The summed E-state index contributed by atoms with van der Waals surface area (Å²) in [5, 5.41) is 33.8. The number of aromatic nitrogens is 2. The fourth-order valence-corrected chi connectivity index (χ4v) is 4.76. The summed E-state index contributed by atoms with van der Waals surface area (Å²) in [7, 11) is 0. The predicted molar refractivity (Wildman–Crippen MR) is 110 cm³/mol. The highest BCUT2D eigenvalue weighted by atomic mass is 32.2. The Morgan fingerprint density at radius 1 is 1.06 bits per heavy atom. The van der Waals surface area contributed by atoms with Crippen molar-refractivity contribution < 1.29 is 51.1 Å². The third-order valence-electron chi connectivity index (χ3n) is 5.27. The van der Waals surface area contributed by atoms with Crippen LogP contribution in [0.3, 0.4) is 0 Å². The van der Waals surface area contributed by atoms with Crippen molar-refractivity contribution in [2.45, 2.75) is 41.0 Å². The molecule has 0 bridgehead atoms. The minimum atomic E-state index is -4.90. The minimum absolute atomic E-state index is 0.0280. The second-order valence-electron chi connectivity index (χ2n) is 7.65. The minimum Gasteiger partial charge on any atom is -0.406 e. The van der Waals surface area contributed by atoms with Gasteiger partial charge in [0.05, 0.1) is 12.3 Å². The maximum Gasteiger partial charge on any atom is 0.573 e. The molecule has 190 valence electrons. The summed E-state index contributed by atoms with van der Waals surface area (Å²) in [5.41, 5.74) is -1.00. The number of nitrogens with one attached hydrogen (secondary N) is 1. The van der Waals surface area contributed by atoms with Gasteiger partial charge in [0.25, 0.3) is 0 Å². The van der Waals surface area contributed by atoms with Gasteiger partial charge in [-0.2, -0.15) is 0 Å². The van der Waals surface area contributed by atoms with Gasteiger partial charge in [-0.05, 0) is 30.3 Å². The molecular weight excluding hydrogens is 506 g/mol. The Morgan fingerprint density at radius 2 is 1.71 bits per heavy atom. The van der Waals surface area contributed by atoms with Crippen molar-refractivity contribution in [3.8, 4) is 17.0 Å². The van der Waals surface area contributed by atoms with E-state index in [0.717, 1.165) is 36.0 Å². The Balaban J connectivity index is 1.55. The fraction of sp³-hybridized carbons (Fsp3) is 0.333. The standard InChI is InChI=1S/C21H18F6N2O5S/c22-12-4-9(5-13(23)16(12)24)14-7-29(28-14)17-18(31)15(8-30)33-20(19(17)32)35-11-3-1-2-10(6-11)34-21(25,26)27/h1-7,15,17-20,28,30-32H,8H2/t15?,17-,18-,19?,20+/m0/s1. The SMILES string of the molecule is OCC1O[C@H](Sc2cccc(OC(F)(F)F)c2)C(O)[C@@H](n2cc(-c3cc(F)c(F)c(F)c3)[nH]2)[C@H]1O. The number of hydrogen-bond acceptors (Lipinski definition) is 6. The molecule has 1 fully saturated rings. The maximum absolute atomic E-state index is 13.5. The van der Waals surface area contributed by atoms with Crippen LogP contribution < -0.4 is 4.74 Å². The van der Waals surface area contributed by atoms with Gasteiger partial charge in [0.15, 0.2) is 17.5 Å². The van der Waals surface area contributed by atoms with E-state index in [1.807, 2.05) is 0 Å². The zero-order valence-electron chi connectivity index (χ0n) is 17.4. The molecule has 1 aliphatic heterocycles. The summed E-state index contributed by atoms with van der Waals surface area (Å²) in [6.45, 7) is -0.641. The zero-order valence-corrected chi connectivity index (χ0v) is 18.2. The van der Waals surface area contributed by atoms with Gasteiger partial charge in [0.1, 0.15) is 35.5 Å². The topological polar surface area (TPSA) is 99.9 Å². The quantitative estimate of drug-likeness (QED) is 0.291. The van der Waals surface area contributed by atoms with Crippen LogP contribution in [0.5, 0.6) is 5.75 Å². The summed E-state index contributed by atoms with van der Waals surface area (Å²) in [6.07, 6.45) is -7.64. The lowest BCUT2D eigenvalue weighted by Gasteiger charge is -2.43. The van der Waals surface area contributed by atoms with Crippen molar-refractivity contribution in [1.82, 2.24) is 9.78 Å². The molecule has 0 spiro atoms. The van der Waals surface area contributed by atoms with E-state index in [1.165, 1.54) is 23.0 Å². The molecule has 5 atom stereocenters. The highest BCUT2D eigenvalue weighted by Crippen LogP contribution is 2.40. The molecule has 7 nitrogen and oxygen atoms in total. The van der Waals surface area contributed by atoms with E-state index >= 15 is 0 Å². The highest BCUT2D eigenvalue weighted by molar-refractivity contribution is 7.99. The van der Waals surface area contributed by atoms with Crippen molar-refractivity contribution in [2.75, 3.05) is 6.61 Å². The van der Waals surface area contributed by atoms with Gasteiger partial charge in [0, 0.05) is 16.7 Å². The molecule has 4 N–H and O–H groups in total. The van der Waals surface area contributed by atoms with Gasteiger partial charge in [-0.1, -0.05) is 17.8 Å². The number of aliphatic hydroxyl groups excluding tert-OH is 3. The summed E-state index contributed by atoms with van der Waals surface area (Å²) >= 11 is 0.835. The number of H-pyrrole nitrogens is 1. The molecule has 2 aromatic carbocycles. The van der Waals surface area contributed by atoms with Crippen LogP contribution in [0, 0.1) is 17.5 Å². The van der Waals surface area contributed by atoms with Crippen LogP contribution in [0.25, 0.3) is 11.3 Å². The monoisotopic (exact) mass is 524 g/mol. The molecule has 1 saturated heterocycles. The van der Waals surface area contributed by atoms with Gasteiger partial charge < -0.3 is 24.8 Å². The number of rotatable bonds is 6. The highest BCUT2D eigenvalue weighted by Gasteiger charge is 2.46. The van der Waals surface area contributed by atoms with Gasteiger partial charge >= 0.3 is 6.36 Å². The average Bonchev–Trinajstić information content (AvgIpc) is 2.74. The first-order valence-corrected chi connectivity index (χ1v) is 10.9. The number of nitrogens with zero attached hydrogens (tertiary/aromatic N) is 1. The number of alkyl halides is 3.